The van der Waals surface area contributed by atoms with Crippen LogP contribution in [0.4, 0.5) is 4.39 Å². The first kappa shape index (κ1) is 17.8. The van der Waals surface area contributed by atoms with Gasteiger partial charge in [0.2, 0.25) is 0 Å². The molecule has 0 aliphatic carbocycles. The Morgan fingerprint density at radius 2 is 1.88 bits per heavy atom. The van der Waals surface area contributed by atoms with Crippen LogP contribution >= 0.6 is 23.4 Å². The molecule has 25 heavy (non-hydrogen) atoms. The van der Waals surface area contributed by atoms with Gasteiger partial charge in [-0.15, -0.1) is 10.2 Å². The van der Waals surface area contributed by atoms with Gasteiger partial charge in [-0.3, -0.25) is 0 Å². The van der Waals surface area contributed by atoms with Gasteiger partial charge < -0.3 is 9.30 Å². The first-order chi connectivity index (χ1) is 12.1. The third-order valence-electron chi connectivity index (χ3n) is 3.69. The van der Waals surface area contributed by atoms with E-state index in [9.17, 15) is 4.39 Å². The van der Waals surface area contributed by atoms with Crippen LogP contribution in [0.5, 0.6) is 5.75 Å². The van der Waals surface area contributed by atoms with Gasteiger partial charge in [-0.05, 0) is 30.7 Å². The molecule has 0 aliphatic rings. The molecule has 0 radical (unpaired) electrons. The van der Waals surface area contributed by atoms with Gasteiger partial charge in [0, 0.05) is 12.8 Å². The van der Waals surface area contributed by atoms with E-state index in [2.05, 4.69) is 10.2 Å². The van der Waals surface area contributed by atoms with Gasteiger partial charge in [-0.2, -0.15) is 0 Å². The second kappa shape index (κ2) is 7.89. The molecule has 0 saturated heterocycles. The van der Waals surface area contributed by atoms with Gasteiger partial charge >= 0.3 is 0 Å². The highest BCUT2D eigenvalue weighted by atomic mass is 35.5. The van der Waals surface area contributed by atoms with Gasteiger partial charge in [0.05, 0.1) is 5.02 Å². The lowest BCUT2D eigenvalue weighted by Crippen LogP contribution is -2.10. The number of rotatable bonds is 6. The third kappa shape index (κ3) is 4.14. The largest absolute Gasteiger partial charge is 0.481 e. The lowest BCUT2D eigenvalue weighted by atomic mass is 10.2. The van der Waals surface area contributed by atoms with Crippen molar-refractivity contribution in [2.75, 3.05) is 0 Å². The number of thioether (sulfide) groups is 1. The summed E-state index contributed by atoms with van der Waals surface area (Å²) in [4.78, 5) is 0. The van der Waals surface area contributed by atoms with Crippen molar-refractivity contribution in [2.24, 2.45) is 7.05 Å². The van der Waals surface area contributed by atoms with E-state index in [0.717, 1.165) is 0 Å². The van der Waals surface area contributed by atoms with Crippen LogP contribution in [-0.2, 0) is 12.8 Å². The predicted octanol–water partition coefficient (Wildman–Crippen LogP) is 5.04. The van der Waals surface area contributed by atoms with Gasteiger partial charge in [0.1, 0.15) is 11.6 Å². The Hall–Kier alpha value is -2.05. The summed E-state index contributed by atoms with van der Waals surface area (Å²) in [6.45, 7) is 1.89. The molecule has 3 aromatic rings. The second-order valence-electron chi connectivity index (χ2n) is 5.47. The number of halogens is 2. The van der Waals surface area contributed by atoms with Crippen molar-refractivity contribution in [3.05, 3.63) is 70.8 Å². The number of ether oxygens (including phenoxy) is 1. The molecule has 1 aromatic heterocycles. The predicted molar refractivity (Wildman–Crippen MR) is 97.5 cm³/mol. The minimum Gasteiger partial charge on any atom is -0.481 e. The minimum absolute atomic E-state index is 0.215. The molecule has 0 N–H and O–H groups in total. The molecule has 1 heterocycles. The lowest BCUT2D eigenvalue weighted by Gasteiger charge is -2.15. The fraction of sp³-hybridized carbons (Fsp3) is 0.222. The highest BCUT2D eigenvalue weighted by molar-refractivity contribution is 7.98. The number of hydrogen-bond acceptors (Lipinski definition) is 4. The van der Waals surface area contributed by atoms with Crippen LogP contribution in [0.15, 0.2) is 53.7 Å². The zero-order valence-corrected chi connectivity index (χ0v) is 15.4. The molecular formula is C18H17ClFN3OS. The maximum absolute atomic E-state index is 13.7. The molecule has 1 atom stereocenters. The lowest BCUT2D eigenvalue weighted by molar-refractivity contribution is 0.211. The zero-order chi connectivity index (χ0) is 17.8. The molecule has 0 amide bonds. The highest BCUT2D eigenvalue weighted by Crippen LogP contribution is 2.29. The second-order valence-corrected chi connectivity index (χ2v) is 6.82. The Balaban J connectivity index is 1.70. The third-order valence-corrected chi connectivity index (χ3v) is 5.07. The van der Waals surface area contributed by atoms with Crippen LogP contribution in [0.2, 0.25) is 5.02 Å². The highest BCUT2D eigenvalue weighted by Gasteiger charge is 2.18. The zero-order valence-electron chi connectivity index (χ0n) is 13.8. The van der Waals surface area contributed by atoms with Gasteiger partial charge in [-0.25, -0.2) is 4.39 Å². The number of nitrogens with zero attached hydrogens (tertiary/aromatic N) is 3. The molecule has 0 saturated carbocycles. The Bertz CT molecular complexity index is 871. The van der Waals surface area contributed by atoms with E-state index >= 15 is 0 Å². The molecule has 0 fully saturated rings. The molecular weight excluding hydrogens is 361 g/mol. The summed E-state index contributed by atoms with van der Waals surface area (Å²) in [6, 6.07) is 14.0. The van der Waals surface area contributed by atoms with Gasteiger partial charge in [0.15, 0.2) is 17.1 Å². The van der Waals surface area contributed by atoms with Crippen LogP contribution < -0.4 is 4.74 Å². The van der Waals surface area contributed by atoms with Crippen molar-refractivity contribution in [3.8, 4) is 5.75 Å². The molecule has 4 nitrogen and oxygen atoms in total. The van der Waals surface area contributed by atoms with Crippen LogP contribution in [0.1, 0.15) is 24.4 Å². The summed E-state index contributed by atoms with van der Waals surface area (Å²) in [6.07, 6.45) is -0.319. The van der Waals surface area contributed by atoms with Crippen molar-refractivity contribution in [1.82, 2.24) is 14.8 Å². The minimum atomic E-state index is -0.319. The summed E-state index contributed by atoms with van der Waals surface area (Å²) >= 11 is 7.56. The van der Waals surface area contributed by atoms with E-state index in [1.54, 1.807) is 18.2 Å². The fourth-order valence-corrected chi connectivity index (χ4v) is 3.43. The summed E-state index contributed by atoms with van der Waals surface area (Å²) in [7, 11) is 1.87. The first-order valence-corrected chi connectivity index (χ1v) is 9.09. The number of para-hydroxylation sites is 1. The average molecular weight is 378 g/mol. The molecule has 130 valence electrons. The van der Waals surface area contributed by atoms with Crippen LogP contribution in [0.25, 0.3) is 0 Å². The number of hydrogen-bond donors (Lipinski definition) is 0. The Morgan fingerprint density at radius 1 is 1.16 bits per heavy atom. The average Bonchev–Trinajstić information content (AvgIpc) is 2.97. The Kier molecular flexibility index (Phi) is 5.60. The van der Waals surface area contributed by atoms with Gasteiger partial charge in [-0.1, -0.05) is 53.7 Å². The van der Waals surface area contributed by atoms with Crippen LogP contribution in [0.3, 0.4) is 0 Å². The van der Waals surface area contributed by atoms with Gasteiger partial charge in [0.25, 0.3) is 0 Å². The standard InChI is InChI=1S/C18H17ClFN3OS/c1-12(24-16-10-6-4-8-14(16)19)17-21-22-18(23(17)2)25-11-13-7-3-5-9-15(13)20/h3-10,12H,11H2,1-2H3. The number of benzene rings is 2. The van der Waals surface area contributed by atoms with E-state index in [4.69, 9.17) is 16.3 Å². The SMILES string of the molecule is CC(Oc1ccccc1Cl)c1nnc(SCc2ccccc2F)n1C. The summed E-state index contributed by atoms with van der Waals surface area (Å²) in [5.41, 5.74) is 0.636. The maximum atomic E-state index is 13.7. The van der Waals surface area contributed by atoms with E-state index in [1.165, 1.54) is 17.8 Å². The van der Waals surface area contributed by atoms with E-state index in [1.807, 2.05) is 42.8 Å². The van der Waals surface area contributed by atoms with E-state index in [0.29, 0.717) is 33.1 Å². The molecule has 0 spiro atoms. The summed E-state index contributed by atoms with van der Waals surface area (Å²) in [5.74, 6) is 1.54. The summed E-state index contributed by atoms with van der Waals surface area (Å²) < 4.78 is 21.5. The molecule has 0 bridgehead atoms. The molecule has 2 aromatic carbocycles. The molecule has 7 heteroatoms. The molecule has 1 unspecified atom stereocenters. The van der Waals surface area contributed by atoms with E-state index < -0.39 is 0 Å². The molecule has 0 aliphatic heterocycles. The summed E-state index contributed by atoms with van der Waals surface area (Å²) in [5, 5.41) is 9.64. The quantitative estimate of drug-likeness (QED) is 0.564. The topological polar surface area (TPSA) is 39.9 Å². The van der Waals surface area contributed by atoms with Crippen LogP contribution in [0, 0.1) is 5.82 Å². The Morgan fingerprint density at radius 3 is 2.64 bits per heavy atom. The van der Waals surface area contributed by atoms with Crippen molar-refractivity contribution in [3.63, 3.8) is 0 Å². The van der Waals surface area contributed by atoms with Crippen molar-refractivity contribution < 1.29 is 9.13 Å². The number of aromatic nitrogens is 3. The smallest absolute Gasteiger partial charge is 0.191 e. The monoisotopic (exact) mass is 377 g/mol. The van der Waals surface area contributed by atoms with Crippen molar-refractivity contribution >= 4 is 23.4 Å². The van der Waals surface area contributed by atoms with Crippen molar-refractivity contribution in [2.45, 2.75) is 23.9 Å². The normalized spacial score (nSPS) is 12.2. The van der Waals surface area contributed by atoms with Crippen molar-refractivity contribution in [1.29, 1.82) is 0 Å². The van der Waals surface area contributed by atoms with E-state index in [-0.39, 0.29) is 11.9 Å². The first-order valence-electron chi connectivity index (χ1n) is 7.73. The Labute approximate surface area is 155 Å². The fourth-order valence-electron chi connectivity index (χ4n) is 2.35. The molecule has 3 rings (SSSR count). The maximum Gasteiger partial charge on any atom is 0.191 e. The van der Waals surface area contributed by atoms with Crippen LogP contribution in [-0.4, -0.2) is 14.8 Å².